The van der Waals surface area contributed by atoms with Gasteiger partial charge in [-0.3, -0.25) is 0 Å². The number of ether oxygens (including phenoxy) is 1. The molecule has 0 amide bonds. The minimum absolute atomic E-state index is 0.276. The lowest BCUT2D eigenvalue weighted by molar-refractivity contribution is -0.137. The van der Waals surface area contributed by atoms with Crippen molar-refractivity contribution in [2.45, 2.75) is 104 Å². The zero-order valence-corrected chi connectivity index (χ0v) is 21.0. The number of carbonyl (C=O) groups is 1. The monoisotopic (exact) mass is 459 g/mol. The third-order valence-electron chi connectivity index (χ3n) is 5.77. The summed E-state index contributed by atoms with van der Waals surface area (Å²) in [6.07, 6.45) is 25.1. The molecule has 0 radical (unpaired) electrons. The number of anilines is 1. The maximum Gasteiger partial charge on any atom is 0.330 e. The smallest absolute Gasteiger partial charge is 0.330 e. The molecular formula is C29H46FNO2. The minimum Gasteiger partial charge on any atom is -0.463 e. The fraction of sp³-hybridized carbons (Fsp3) is 0.621. The van der Waals surface area contributed by atoms with Crippen molar-refractivity contribution in [1.29, 1.82) is 0 Å². The van der Waals surface area contributed by atoms with E-state index in [0.717, 1.165) is 18.7 Å². The molecule has 0 fully saturated rings. The SMILES string of the molecule is CCCCCCCCCCCCCCCCNc1ccc(/C=C/C=C/C(=O)OCC)c(F)c1. The highest BCUT2D eigenvalue weighted by Crippen LogP contribution is 2.17. The molecule has 0 aliphatic heterocycles. The van der Waals surface area contributed by atoms with Crippen LogP contribution in [0, 0.1) is 5.82 Å². The normalized spacial score (nSPS) is 11.5. The Morgan fingerprint density at radius 1 is 0.848 bits per heavy atom. The number of rotatable bonds is 20. The summed E-state index contributed by atoms with van der Waals surface area (Å²) in [5, 5.41) is 3.31. The number of carbonyl (C=O) groups excluding carboxylic acids is 1. The predicted octanol–water partition coefficient (Wildman–Crippen LogP) is 8.85. The summed E-state index contributed by atoms with van der Waals surface area (Å²) in [5.41, 5.74) is 1.30. The predicted molar refractivity (Wildman–Crippen MR) is 140 cm³/mol. The molecule has 0 unspecified atom stereocenters. The summed E-state index contributed by atoms with van der Waals surface area (Å²) in [6, 6.07) is 5.16. The van der Waals surface area contributed by atoms with Gasteiger partial charge in [-0.25, -0.2) is 9.18 Å². The largest absolute Gasteiger partial charge is 0.463 e. The van der Waals surface area contributed by atoms with Crippen molar-refractivity contribution < 1.29 is 13.9 Å². The zero-order valence-electron chi connectivity index (χ0n) is 21.0. The van der Waals surface area contributed by atoms with Crippen LogP contribution in [-0.4, -0.2) is 19.1 Å². The Labute approximate surface area is 201 Å². The summed E-state index contributed by atoms with van der Waals surface area (Å²) in [7, 11) is 0. The Bertz CT molecular complexity index is 684. The van der Waals surface area contributed by atoms with Gasteiger partial charge < -0.3 is 10.1 Å². The lowest BCUT2D eigenvalue weighted by atomic mass is 10.0. The van der Waals surface area contributed by atoms with Gasteiger partial charge in [0, 0.05) is 23.9 Å². The molecule has 0 spiro atoms. The Morgan fingerprint density at radius 3 is 1.97 bits per heavy atom. The molecule has 186 valence electrons. The second-order valence-electron chi connectivity index (χ2n) is 8.73. The summed E-state index contributed by atoms with van der Waals surface area (Å²) < 4.78 is 19.0. The molecule has 0 aliphatic rings. The van der Waals surface area contributed by atoms with Gasteiger partial charge in [0.1, 0.15) is 5.82 Å². The van der Waals surface area contributed by atoms with Crippen LogP contribution in [0.3, 0.4) is 0 Å². The maximum atomic E-state index is 14.2. The fourth-order valence-electron chi connectivity index (χ4n) is 3.81. The molecule has 4 heteroatoms. The van der Waals surface area contributed by atoms with E-state index >= 15 is 0 Å². The first kappa shape index (κ1) is 28.9. The van der Waals surface area contributed by atoms with Gasteiger partial charge in [-0.15, -0.1) is 0 Å². The molecule has 1 N–H and O–H groups in total. The molecule has 3 nitrogen and oxygen atoms in total. The quantitative estimate of drug-likeness (QED) is 0.0915. The molecule has 0 bridgehead atoms. The molecule has 33 heavy (non-hydrogen) atoms. The van der Waals surface area contributed by atoms with E-state index in [4.69, 9.17) is 4.74 Å². The van der Waals surface area contributed by atoms with Gasteiger partial charge in [-0.05, 0) is 31.5 Å². The van der Waals surface area contributed by atoms with Gasteiger partial charge in [-0.1, -0.05) is 109 Å². The summed E-state index contributed by atoms with van der Waals surface area (Å²) in [5.74, 6) is -0.674. The maximum absolute atomic E-state index is 14.2. The van der Waals surface area contributed by atoms with Crippen LogP contribution < -0.4 is 5.32 Å². The standard InChI is InChI=1S/C29H46FNO2/c1-3-5-6-7-8-9-10-11-12-13-14-15-16-19-24-31-27-23-22-26(28(30)25-27)20-17-18-21-29(32)33-4-2/h17-18,20-23,25,31H,3-16,19,24H2,1-2H3/b20-17+,21-18+. The van der Waals surface area contributed by atoms with E-state index in [9.17, 15) is 9.18 Å². The number of halogens is 1. The first-order chi connectivity index (χ1) is 16.2. The van der Waals surface area contributed by atoms with Crippen molar-refractivity contribution in [3.8, 4) is 0 Å². The van der Waals surface area contributed by atoms with E-state index in [2.05, 4.69) is 12.2 Å². The van der Waals surface area contributed by atoms with E-state index in [1.807, 2.05) is 6.07 Å². The van der Waals surface area contributed by atoms with Crippen molar-refractivity contribution >= 4 is 17.7 Å². The molecule has 0 saturated heterocycles. The third-order valence-corrected chi connectivity index (χ3v) is 5.77. The first-order valence-electron chi connectivity index (χ1n) is 13.2. The Hall–Kier alpha value is -2.10. The van der Waals surface area contributed by atoms with Gasteiger partial charge in [0.05, 0.1) is 6.61 Å². The summed E-state index contributed by atoms with van der Waals surface area (Å²) in [6.45, 7) is 5.24. The van der Waals surface area contributed by atoms with Crippen LogP contribution in [0.5, 0.6) is 0 Å². The molecule has 0 saturated carbocycles. The van der Waals surface area contributed by atoms with Crippen molar-refractivity contribution in [1.82, 2.24) is 0 Å². The van der Waals surface area contributed by atoms with Crippen LogP contribution in [0.2, 0.25) is 0 Å². The van der Waals surface area contributed by atoms with E-state index in [0.29, 0.717) is 12.2 Å². The highest BCUT2D eigenvalue weighted by molar-refractivity contribution is 5.82. The highest BCUT2D eigenvalue weighted by atomic mass is 19.1. The van der Waals surface area contributed by atoms with Crippen LogP contribution in [0.4, 0.5) is 10.1 Å². The number of hydrogen-bond acceptors (Lipinski definition) is 3. The average Bonchev–Trinajstić information content (AvgIpc) is 2.80. The second-order valence-corrected chi connectivity index (χ2v) is 8.73. The fourth-order valence-corrected chi connectivity index (χ4v) is 3.81. The van der Waals surface area contributed by atoms with Crippen molar-refractivity contribution in [3.05, 3.63) is 47.8 Å². The van der Waals surface area contributed by atoms with E-state index in [1.54, 1.807) is 31.2 Å². The van der Waals surface area contributed by atoms with E-state index in [-0.39, 0.29) is 5.82 Å². The van der Waals surface area contributed by atoms with Crippen molar-refractivity contribution in [3.63, 3.8) is 0 Å². The molecular weight excluding hydrogens is 413 g/mol. The van der Waals surface area contributed by atoms with Gasteiger partial charge in [0.25, 0.3) is 0 Å². The van der Waals surface area contributed by atoms with Crippen LogP contribution in [0.25, 0.3) is 6.08 Å². The third kappa shape index (κ3) is 16.2. The Kier molecular flexibility index (Phi) is 18.0. The lowest BCUT2D eigenvalue weighted by Crippen LogP contribution is -2.02. The van der Waals surface area contributed by atoms with Crippen LogP contribution >= 0.6 is 0 Å². The minimum atomic E-state index is -0.398. The summed E-state index contributed by atoms with van der Waals surface area (Å²) in [4.78, 5) is 11.2. The van der Waals surface area contributed by atoms with Crippen molar-refractivity contribution in [2.75, 3.05) is 18.5 Å². The average molecular weight is 460 g/mol. The number of nitrogens with one attached hydrogen (secondary N) is 1. The van der Waals surface area contributed by atoms with E-state index < -0.39 is 5.97 Å². The van der Waals surface area contributed by atoms with Gasteiger partial charge in [0.2, 0.25) is 0 Å². The molecule has 0 heterocycles. The van der Waals surface area contributed by atoms with Crippen LogP contribution in [-0.2, 0) is 9.53 Å². The Balaban J connectivity index is 2.04. The Morgan fingerprint density at radius 2 is 1.42 bits per heavy atom. The topological polar surface area (TPSA) is 38.3 Å². The molecule has 1 rings (SSSR count). The lowest BCUT2D eigenvalue weighted by Gasteiger charge is -2.08. The van der Waals surface area contributed by atoms with Gasteiger partial charge >= 0.3 is 5.97 Å². The van der Waals surface area contributed by atoms with Gasteiger partial charge in [0.15, 0.2) is 0 Å². The van der Waals surface area contributed by atoms with Gasteiger partial charge in [-0.2, -0.15) is 0 Å². The van der Waals surface area contributed by atoms with Crippen LogP contribution in [0.15, 0.2) is 36.4 Å². The molecule has 1 aromatic rings. The van der Waals surface area contributed by atoms with E-state index in [1.165, 1.54) is 95.6 Å². The van der Waals surface area contributed by atoms with Crippen molar-refractivity contribution in [2.24, 2.45) is 0 Å². The number of unbranched alkanes of at least 4 members (excludes halogenated alkanes) is 13. The number of esters is 1. The molecule has 0 atom stereocenters. The molecule has 1 aromatic carbocycles. The second kappa shape index (κ2) is 20.5. The summed E-state index contributed by atoms with van der Waals surface area (Å²) >= 11 is 0. The molecule has 0 aliphatic carbocycles. The number of benzene rings is 1. The number of hydrogen-bond donors (Lipinski definition) is 1. The highest BCUT2D eigenvalue weighted by Gasteiger charge is 2.01. The zero-order chi connectivity index (χ0) is 24.0. The number of allylic oxidation sites excluding steroid dienone is 2. The van der Waals surface area contributed by atoms with Crippen LogP contribution in [0.1, 0.15) is 109 Å². The first-order valence-corrected chi connectivity index (χ1v) is 13.2. The molecule has 0 aromatic heterocycles.